The highest BCUT2D eigenvalue weighted by Gasteiger charge is 2.19. The second-order valence-corrected chi connectivity index (χ2v) is 4.39. The minimum absolute atomic E-state index is 0.120. The molecule has 6 heteroatoms. The number of nitrogens with two attached hydrogens (primary N) is 1. The van der Waals surface area contributed by atoms with Gasteiger partial charge in [0.2, 0.25) is 0 Å². The predicted octanol–water partition coefficient (Wildman–Crippen LogP) is 2.67. The van der Waals surface area contributed by atoms with Crippen LogP contribution in [0.15, 0.2) is 12.1 Å². The Balaban J connectivity index is 2.82. The third kappa shape index (κ3) is 1.99. The van der Waals surface area contributed by atoms with Gasteiger partial charge in [-0.25, -0.2) is 4.79 Å². The Morgan fingerprint density at radius 2 is 2.12 bits per heavy atom. The smallest absolute Gasteiger partial charge is 0.352 e. The first-order valence-electron chi connectivity index (χ1n) is 4.98. The monoisotopic (exact) mass is 272 g/mol. The van der Waals surface area contributed by atoms with Crippen molar-refractivity contribution in [3.05, 3.63) is 33.4 Å². The fraction of sp³-hybridized carbons (Fsp3) is 0.182. The summed E-state index contributed by atoms with van der Waals surface area (Å²) in [5.74, 6) is -1.03. The molecule has 1 heterocycles. The summed E-state index contributed by atoms with van der Waals surface area (Å²) in [5, 5.41) is 10.5. The number of aromatic carboxylic acids is 1. The van der Waals surface area contributed by atoms with E-state index in [0.29, 0.717) is 39.5 Å². The van der Waals surface area contributed by atoms with E-state index in [1.807, 2.05) is 0 Å². The topological polar surface area (TPSA) is 79.1 Å². The van der Waals surface area contributed by atoms with Crippen LogP contribution in [-0.2, 0) is 6.42 Å². The second-order valence-electron chi connectivity index (χ2n) is 3.61. The Bertz CT molecular complexity index is 593. The number of benzene rings is 1. The van der Waals surface area contributed by atoms with Crippen LogP contribution < -0.4 is 5.73 Å². The van der Waals surface area contributed by atoms with E-state index in [1.165, 1.54) is 0 Å². The van der Waals surface area contributed by atoms with Crippen LogP contribution in [0.3, 0.4) is 0 Å². The third-order valence-corrected chi connectivity index (χ3v) is 3.37. The van der Waals surface area contributed by atoms with E-state index in [4.69, 9.17) is 34.0 Å². The van der Waals surface area contributed by atoms with Crippen molar-refractivity contribution < 1.29 is 9.90 Å². The lowest BCUT2D eigenvalue weighted by Crippen LogP contribution is -2.07. The molecule has 4 N–H and O–H groups in total. The van der Waals surface area contributed by atoms with Gasteiger partial charge < -0.3 is 15.8 Å². The number of aromatic nitrogens is 1. The summed E-state index contributed by atoms with van der Waals surface area (Å²) in [4.78, 5) is 13.9. The molecule has 4 nitrogen and oxygen atoms in total. The summed E-state index contributed by atoms with van der Waals surface area (Å²) in [6, 6.07) is 3.33. The van der Waals surface area contributed by atoms with Gasteiger partial charge in [-0.1, -0.05) is 23.2 Å². The van der Waals surface area contributed by atoms with Gasteiger partial charge in [-0.3, -0.25) is 0 Å². The Morgan fingerprint density at radius 3 is 2.71 bits per heavy atom. The number of carboxylic acids is 1. The lowest BCUT2D eigenvalue weighted by molar-refractivity contribution is 0.0690. The normalized spacial score (nSPS) is 11.0. The minimum Gasteiger partial charge on any atom is -0.477 e. The van der Waals surface area contributed by atoms with Crippen LogP contribution in [-0.4, -0.2) is 22.6 Å². The van der Waals surface area contributed by atoms with Crippen LogP contribution >= 0.6 is 23.2 Å². The van der Waals surface area contributed by atoms with Crippen molar-refractivity contribution in [2.45, 2.75) is 6.42 Å². The Kier molecular flexibility index (Phi) is 3.28. The number of hydrogen-bond acceptors (Lipinski definition) is 2. The highest BCUT2D eigenvalue weighted by atomic mass is 35.5. The highest BCUT2D eigenvalue weighted by Crippen LogP contribution is 2.34. The molecule has 1 aromatic heterocycles. The predicted molar refractivity (Wildman–Crippen MR) is 68.0 cm³/mol. The zero-order valence-corrected chi connectivity index (χ0v) is 10.3. The molecule has 1 aromatic carbocycles. The number of fused-ring (bicyclic) bond motifs is 1. The average molecular weight is 273 g/mol. The van der Waals surface area contributed by atoms with Crippen LogP contribution in [0.25, 0.3) is 10.9 Å². The summed E-state index contributed by atoms with van der Waals surface area (Å²) in [5.41, 5.74) is 6.86. The Hall–Kier alpha value is -1.23. The number of carboxylic acid groups (broad SMARTS) is 1. The molecule has 0 saturated heterocycles. The van der Waals surface area contributed by atoms with E-state index >= 15 is 0 Å². The first-order chi connectivity index (χ1) is 8.06. The van der Waals surface area contributed by atoms with Gasteiger partial charge in [0.25, 0.3) is 0 Å². The Labute approximate surface area is 107 Å². The molecule has 0 unspecified atom stereocenters. The summed E-state index contributed by atoms with van der Waals surface area (Å²) in [6.45, 7) is 0.343. The molecule has 90 valence electrons. The molecular formula is C11H10Cl2N2O2. The van der Waals surface area contributed by atoms with Gasteiger partial charge in [-0.05, 0) is 30.7 Å². The number of nitrogens with one attached hydrogen (secondary N) is 1. The molecule has 0 amide bonds. The maximum absolute atomic E-state index is 11.1. The molecule has 0 aliphatic rings. The minimum atomic E-state index is -1.03. The maximum atomic E-state index is 11.1. The van der Waals surface area contributed by atoms with Crippen LogP contribution in [0, 0.1) is 0 Å². The molecule has 0 bridgehead atoms. The van der Waals surface area contributed by atoms with E-state index in [-0.39, 0.29) is 5.69 Å². The largest absolute Gasteiger partial charge is 0.477 e. The van der Waals surface area contributed by atoms with Gasteiger partial charge in [-0.15, -0.1) is 0 Å². The molecule has 0 radical (unpaired) electrons. The number of aromatic amines is 1. The van der Waals surface area contributed by atoms with E-state index in [2.05, 4.69) is 4.98 Å². The molecule has 17 heavy (non-hydrogen) atoms. The number of rotatable bonds is 3. The van der Waals surface area contributed by atoms with Gasteiger partial charge in [-0.2, -0.15) is 0 Å². The van der Waals surface area contributed by atoms with E-state index in [0.717, 1.165) is 0 Å². The summed E-state index contributed by atoms with van der Waals surface area (Å²) in [6.07, 6.45) is 0.432. The Morgan fingerprint density at radius 1 is 1.41 bits per heavy atom. The second kappa shape index (κ2) is 4.56. The molecule has 0 aliphatic carbocycles. The van der Waals surface area contributed by atoms with Crippen molar-refractivity contribution >= 4 is 40.1 Å². The number of hydrogen-bond donors (Lipinski definition) is 3. The molecule has 0 spiro atoms. The van der Waals surface area contributed by atoms with Crippen LogP contribution in [0.2, 0.25) is 10.0 Å². The molecule has 0 aliphatic heterocycles. The number of H-pyrrole nitrogens is 1. The van der Waals surface area contributed by atoms with Crippen molar-refractivity contribution in [2.75, 3.05) is 6.54 Å². The average Bonchev–Trinajstić information content (AvgIpc) is 2.64. The van der Waals surface area contributed by atoms with Crippen molar-refractivity contribution in [1.29, 1.82) is 0 Å². The van der Waals surface area contributed by atoms with Crippen LogP contribution in [0.4, 0.5) is 0 Å². The molecular weight excluding hydrogens is 263 g/mol. The van der Waals surface area contributed by atoms with E-state index < -0.39 is 5.97 Å². The lowest BCUT2D eigenvalue weighted by atomic mass is 10.1. The zero-order valence-electron chi connectivity index (χ0n) is 8.76. The lowest BCUT2D eigenvalue weighted by Gasteiger charge is -2.02. The number of halogens is 2. The summed E-state index contributed by atoms with van der Waals surface area (Å²) in [7, 11) is 0. The molecule has 2 aromatic rings. The first kappa shape index (κ1) is 12.2. The molecule has 0 saturated carbocycles. The first-order valence-corrected chi connectivity index (χ1v) is 5.73. The SMILES string of the molecule is NCCc1c(C(=O)O)[nH]c2ccc(Cl)c(Cl)c12. The maximum Gasteiger partial charge on any atom is 0.352 e. The summed E-state index contributed by atoms with van der Waals surface area (Å²) < 4.78 is 0. The van der Waals surface area contributed by atoms with Gasteiger partial charge in [0.1, 0.15) is 5.69 Å². The van der Waals surface area contributed by atoms with Crippen molar-refractivity contribution in [3.63, 3.8) is 0 Å². The van der Waals surface area contributed by atoms with Crippen molar-refractivity contribution in [3.8, 4) is 0 Å². The van der Waals surface area contributed by atoms with Gasteiger partial charge in [0.15, 0.2) is 0 Å². The highest BCUT2D eigenvalue weighted by molar-refractivity contribution is 6.45. The fourth-order valence-electron chi connectivity index (χ4n) is 1.86. The molecule has 0 fully saturated rings. The van der Waals surface area contributed by atoms with E-state index in [9.17, 15) is 4.79 Å². The number of carbonyl (C=O) groups is 1. The van der Waals surface area contributed by atoms with Gasteiger partial charge in [0, 0.05) is 10.9 Å². The molecule has 2 rings (SSSR count). The van der Waals surface area contributed by atoms with Gasteiger partial charge >= 0.3 is 5.97 Å². The van der Waals surface area contributed by atoms with Gasteiger partial charge in [0.05, 0.1) is 10.0 Å². The van der Waals surface area contributed by atoms with Crippen LogP contribution in [0.1, 0.15) is 16.1 Å². The van der Waals surface area contributed by atoms with Crippen molar-refractivity contribution in [2.24, 2.45) is 5.73 Å². The fourth-order valence-corrected chi connectivity index (χ4v) is 2.30. The third-order valence-electron chi connectivity index (χ3n) is 2.57. The summed E-state index contributed by atoms with van der Waals surface area (Å²) >= 11 is 12.0. The zero-order chi connectivity index (χ0) is 12.6. The quantitative estimate of drug-likeness (QED) is 0.804. The van der Waals surface area contributed by atoms with E-state index in [1.54, 1.807) is 12.1 Å². The van der Waals surface area contributed by atoms with Crippen molar-refractivity contribution in [1.82, 2.24) is 4.98 Å². The van der Waals surface area contributed by atoms with Crippen LogP contribution in [0.5, 0.6) is 0 Å². The standard InChI is InChI=1S/C11H10Cl2N2O2/c12-6-1-2-7-8(9(6)13)5(3-4-14)10(15-7)11(16)17/h1-2,15H,3-4,14H2,(H,16,17). The molecule has 0 atom stereocenters.